The van der Waals surface area contributed by atoms with Gasteiger partial charge < -0.3 is 4.90 Å². The van der Waals surface area contributed by atoms with Crippen LogP contribution in [0.15, 0.2) is 30.9 Å². The fourth-order valence-electron chi connectivity index (χ4n) is 3.24. The summed E-state index contributed by atoms with van der Waals surface area (Å²) in [4.78, 5) is 17.1. The summed E-state index contributed by atoms with van der Waals surface area (Å²) in [5.74, 6) is 0.184. The molecule has 0 spiro atoms. The van der Waals surface area contributed by atoms with Gasteiger partial charge in [-0.3, -0.25) is 19.1 Å². The number of hydrogen-bond donors (Lipinski definition) is 0. The molecule has 0 aromatic carbocycles. The van der Waals surface area contributed by atoms with Gasteiger partial charge in [-0.05, 0) is 12.5 Å². The van der Waals surface area contributed by atoms with E-state index < -0.39 is 0 Å². The molecule has 1 amide bonds. The molecule has 1 atom stereocenters. The predicted octanol–water partition coefficient (Wildman–Crippen LogP) is 0.987. The standard InChI is InChI=1S/C17H26N6O/c1-15(12-23-8-3-5-18-23)17(24)22-7-4-6-21(9-10-22)14-16-11-19-20(2)13-16/h3,5,8,11,13,15H,4,6-7,9-10,12,14H2,1-2H3/t15-/m1/s1. The molecule has 0 aliphatic carbocycles. The van der Waals surface area contributed by atoms with Crippen molar-refractivity contribution >= 4 is 5.91 Å². The van der Waals surface area contributed by atoms with E-state index in [1.165, 1.54) is 5.56 Å². The molecule has 0 radical (unpaired) electrons. The second-order valence-corrected chi connectivity index (χ2v) is 6.61. The third-order valence-corrected chi connectivity index (χ3v) is 4.51. The van der Waals surface area contributed by atoms with Gasteiger partial charge in [-0.1, -0.05) is 6.92 Å². The predicted molar refractivity (Wildman–Crippen MR) is 91.1 cm³/mol. The van der Waals surface area contributed by atoms with Crippen LogP contribution in [0.5, 0.6) is 0 Å². The Morgan fingerprint density at radius 2 is 2.12 bits per heavy atom. The lowest BCUT2D eigenvalue weighted by Crippen LogP contribution is -2.39. The molecule has 2 aromatic rings. The summed E-state index contributed by atoms with van der Waals surface area (Å²) >= 11 is 0. The first-order valence-electron chi connectivity index (χ1n) is 8.58. The summed E-state index contributed by atoms with van der Waals surface area (Å²) in [5, 5.41) is 8.42. The Balaban J connectivity index is 1.51. The number of amides is 1. The Morgan fingerprint density at radius 3 is 2.83 bits per heavy atom. The number of carbonyl (C=O) groups is 1. The smallest absolute Gasteiger partial charge is 0.227 e. The monoisotopic (exact) mass is 330 g/mol. The molecule has 1 aliphatic rings. The van der Waals surface area contributed by atoms with Crippen molar-refractivity contribution in [1.82, 2.24) is 29.4 Å². The number of rotatable bonds is 5. The van der Waals surface area contributed by atoms with Crippen LogP contribution in [0.3, 0.4) is 0 Å². The minimum absolute atomic E-state index is 0.0465. The first kappa shape index (κ1) is 16.7. The van der Waals surface area contributed by atoms with Gasteiger partial charge in [0.15, 0.2) is 0 Å². The van der Waals surface area contributed by atoms with Crippen LogP contribution in [0, 0.1) is 5.92 Å². The first-order valence-corrected chi connectivity index (χ1v) is 8.58. The molecular weight excluding hydrogens is 304 g/mol. The average Bonchev–Trinajstić information content (AvgIpc) is 3.15. The molecule has 3 rings (SSSR count). The van der Waals surface area contributed by atoms with Gasteiger partial charge in [0, 0.05) is 63.9 Å². The van der Waals surface area contributed by atoms with Crippen molar-refractivity contribution in [3.8, 4) is 0 Å². The van der Waals surface area contributed by atoms with Gasteiger partial charge >= 0.3 is 0 Å². The first-order chi connectivity index (χ1) is 11.6. The van der Waals surface area contributed by atoms with Crippen LogP contribution < -0.4 is 0 Å². The van der Waals surface area contributed by atoms with Gasteiger partial charge in [-0.25, -0.2) is 0 Å². The summed E-state index contributed by atoms with van der Waals surface area (Å²) in [6.45, 7) is 7.10. The fraction of sp³-hybridized carbons (Fsp3) is 0.588. The van der Waals surface area contributed by atoms with E-state index in [0.29, 0.717) is 6.54 Å². The van der Waals surface area contributed by atoms with Crippen molar-refractivity contribution < 1.29 is 4.79 Å². The molecule has 0 saturated carbocycles. The summed E-state index contributed by atoms with van der Waals surface area (Å²) in [7, 11) is 1.94. The van der Waals surface area contributed by atoms with E-state index >= 15 is 0 Å². The SMILES string of the molecule is C[C@H](Cn1cccn1)C(=O)N1CCCN(Cc2cnn(C)c2)CC1. The second kappa shape index (κ2) is 7.61. The molecule has 1 fully saturated rings. The van der Waals surface area contributed by atoms with Crippen molar-refractivity contribution in [3.63, 3.8) is 0 Å². The van der Waals surface area contributed by atoms with Crippen molar-refractivity contribution in [2.45, 2.75) is 26.4 Å². The number of carbonyl (C=O) groups excluding carboxylic acids is 1. The van der Waals surface area contributed by atoms with Crippen molar-refractivity contribution in [3.05, 3.63) is 36.4 Å². The zero-order valence-electron chi connectivity index (χ0n) is 14.5. The normalized spacial score (nSPS) is 17.7. The van der Waals surface area contributed by atoms with E-state index in [-0.39, 0.29) is 11.8 Å². The van der Waals surface area contributed by atoms with E-state index in [2.05, 4.69) is 21.3 Å². The van der Waals surface area contributed by atoms with Gasteiger partial charge in [0.25, 0.3) is 0 Å². The van der Waals surface area contributed by atoms with Crippen LogP contribution in [-0.2, 0) is 24.9 Å². The zero-order chi connectivity index (χ0) is 16.9. The molecule has 2 aromatic heterocycles. The minimum Gasteiger partial charge on any atom is -0.341 e. The number of aryl methyl sites for hydroxylation is 1. The maximum Gasteiger partial charge on any atom is 0.227 e. The molecule has 7 nitrogen and oxygen atoms in total. The van der Waals surface area contributed by atoms with Crippen LogP contribution in [0.25, 0.3) is 0 Å². The Morgan fingerprint density at radius 1 is 1.25 bits per heavy atom. The Kier molecular flexibility index (Phi) is 5.30. The van der Waals surface area contributed by atoms with E-state index in [0.717, 1.165) is 39.1 Å². The van der Waals surface area contributed by atoms with Gasteiger partial charge in [0.05, 0.1) is 18.7 Å². The van der Waals surface area contributed by atoms with E-state index in [1.807, 2.05) is 46.7 Å². The fourth-order valence-corrected chi connectivity index (χ4v) is 3.24. The maximum atomic E-state index is 12.7. The summed E-state index contributed by atoms with van der Waals surface area (Å²) in [6, 6.07) is 1.89. The van der Waals surface area contributed by atoms with Crippen LogP contribution in [-0.4, -0.2) is 61.4 Å². The highest BCUT2D eigenvalue weighted by atomic mass is 16.2. The van der Waals surface area contributed by atoms with E-state index in [9.17, 15) is 4.79 Å². The lowest BCUT2D eigenvalue weighted by Gasteiger charge is -2.24. The quantitative estimate of drug-likeness (QED) is 0.820. The Bertz CT molecular complexity index is 650. The molecule has 1 aliphatic heterocycles. The molecular formula is C17H26N6O. The Labute approximate surface area is 142 Å². The van der Waals surface area contributed by atoms with Gasteiger partial charge in [-0.15, -0.1) is 0 Å². The van der Waals surface area contributed by atoms with E-state index in [4.69, 9.17) is 0 Å². The van der Waals surface area contributed by atoms with Crippen molar-refractivity contribution in [2.75, 3.05) is 26.2 Å². The van der Waals surface area contributed by atoms with Crippen molar-refractivity contribution in [2.24, 2.45) is 13.0 Å². The summed E-state index contributed by atoms with van der Waals surface area (Å²) in [6.07, 6.45) is 8.64. The number of nitrogens with zero attached hydrogens (tertiary/aromatic N) is 6. The van der Waals surface area contributed by atoms with Crippen LogP contribution >= 0.6 is 0 Å². The van der Waals surface area contributed by atoms with Gasteiger partial charge in [-0.2, -0.15) is 10.2 Å². The van der Waals surface area contributed by atoms with E-state index in [1.54, 1.807) is 6.20 Å². The third-order valence-electron chi connectivity index (χ3n) is 4.51. The molecule has 3 heterocycles. The second-order valence-electron chi connectivity index (χ2n) is 6.61. The topological polar surface area (TPSA) is 59.2 Å². The molecule has 1 saturated heterocycles. The lowest BCUT2D eigenvalue weighted by atomic mass is 10.1. The molecule has 24 heavy (non-hydrogen) atoms. The van der Waals surface area contributed by atoms with Gasteiger partial charge in [0.1, 0.15) is 0 Å². The van der Waals surface area contributed by atoms with Gasteiger partial charge in [0.2, 0.25) is 5.91 Å². The van der Waals surface area contributed by atoms with Crippen LogP contribution in [0.4, 0.5) is 0 Å². The maximum absolute atomic E-state index is 12.7. The molecule has 7 heteroatoms. The highest BCUT2D eigenvalue weighted by Gasteiger charge is 2.23. The molecule has 0 bridgehead atoms. The largest absolute Gasteiger partial charge is 0.341 e. The highest BCUT2D eigenvalue weighted by Crippen LogP contribution is 2.12. The van der Waals surface area contributed by atoms with Crippen LogP contribution in [0.1, 0.15) is 18.9 Å². The van der Waals surface area contributed by atoms with Crippen molar-refractivity contribution in [1.29, 1.82) is 0 Å². The van der Waals surface area contributed by atoms with Crippen LogP contribution in [0.2, 0.25) is 0 Å². The Hall–Kier alpha value is -2.15. The highest BCUT2D eigenvalue weighted by molar-refractivity contribution is 5.78. The lowest BCUT2D eigenvalue weighted by molar-refractivity contribution is -0.135. The number of hydrogen-bond acceptors (Lipinski definition) is 4. The zero-order valence-corrected chi connectivity index (χ0v) is 14.5. The third kappa shape index (κ3) is 4.23. The number of aromatic nitrogens is 4. The molecule has 0 unspecified atom stereocenters. The average molecular weight is 330 g/mol. The minimum atomic E-state index is -0.0465. The summed E-state index contributed by atoms with van der Waals surface area (Å²) < 4.78 is 3.66. The summed E-state index contributed by atoms with van der Waals surface area (Å²) in [5.41, 5.74) is 1.23. The molecule has 130 valence electrons. The molecule has 0 N–H and O–H groups in total.